The van der Waals surface area contributed by atoms with Gasteiger partial charge in [0.15, 0.2) is 5.70 Å². The van der Waals surface area contributed by atoms with Gasteiger partial charge in [-0.15, -0.1) is 0 Å². The molecule has 1 aliphatic carbocycles. The number of nitrogens with zero attached hydrogens (tertiary/aromatic N) is 6. The number of piperidine rings is 2. The largest absolute Gasteiger partial charge is 0.475 e. The van der Waals surface area contributed by atoms with Crippen molar-refractivity contribution in [3.8, 4) is 5.88 Å². The van der Waals surface area contributed by atoms with Crippen LogP contribution in [0.2, 0.25) is 5.02 Å². The topological polar surface area (TPSA) is 85.5 Å². The number of halogens is 1. The summed E-state index contributed by atoms with van der Waals surface area (Å²) in [5.74, 6) is 1.23. The maximum absolute atomic E-state index is 13.9. The molecule has 0 radical (unpaired) electrons. The molecule has 32 heavy (non-hydrogen) atoms. The first-order chi connectivity index (χ1) is 15.4. The van der Waals surface area contributed by atoms with Gasteiger partial charge in [-0.25, -0.2) is 9.98 Å². The number of aromatic nitrogens is 4. The van der Waals surface area contributed by atoms with Gasteiger partial charge in [0, 0.05) is 24.0 Å². The number of hydrogen-bond donors (Lipinski definition) is 0. The Kier molecular flexibility index (Phi) is 6.41. The van der Waals surface area contributed by atoms with E-state index < -0.39 is 0 Å². The van der Waals surface area contributed by atoms with Crippen molar-refractivity contribution in [2.45, 2.75) is 45.7 Å². The molecule has 9 heteroatoms. The minimum Gasteiger partial charge on any atom is -0.475 e. The smallest absolute Gasteiger partial charge is 0.275 e. The number of hydrogen-bond acceptors (Lipinski definition) is 6. The first-order valence-corrected chi connectivity index (χ1v) is 11.1. The molecule has 3 aliphatic rings. The lowest BCUT2D eigenvalue weighted by Crippen LogP contribution is -2.64. The lowest BCUT2D eigenvalue weighted by atomic mass is 9.64. The van der Waals surface area contributed by atoms with Crippen LogP contribution in [0.15, 0.2) is 54.1 Å². The molecule has 0 spiro atoms. The molecule has 8 nitrogen and oxygen atoms in total. The van der Waals surface area contributed by atoms with E-state index in [1.54, 1.807) is 43.7 Å². The van der Waals surface area contributed by atoms with Gasteiger partial charge in [-0.3, -0.25) is 4.79 Å². The zero-order valence-corrected chi connectivity index (χ0v) is 19.2. The molecule has 5 rings (SSSR count). The highest BCUT2D eigenvalue weighted by atomic mass is 35.5. The zero-order chi connectivity index (χ0) is 22.8. The van der Waals surface area contributed by atoms with Crippen molar-refractivity contribution in [2.24, 2.45) is 16.8 Å². The summed E-state index contributed by atoms with van der Waals surface area (Å²) < 4.78 is 5.97. The zero-order valence-electron chi connectivity index (χ0n) is 18.5. The van der Waals surface area contributed by atoms with E-state index >= 15 is 0 Å². The first-order valence-electron chi connectivity index (χ1n) is 10.7. The van der Waals surface area contributed by atoms with Gasteiger partial charge < -0.3 is 9.64 Å². The number of carbonyl (C=O) groups is 1. The standard InChI is InChI=1S/C23H27ClN6O2/c1-5-14(2)28-22(16(4)30-26-8-9-27-30)23(31)29-19-10-17(11-19)15(3)20(29)13-32-21-7-6-18(24)12-25-21/h5-9,12,15,17,19-20H,1,10-11,13H2,2-4H3/b22-16+,28-14-/t15-,17?,19?,20?/m1/s1. The molecule has 2 bridgehead atoms. The number of amides is 1. The number of carbonyl (C=O) groups excluding carboxylic acids is 1. The fourth-order valence-electron chi connectivity index (χ4n) is 4.40. The Morgan fingerprint density at radius 1 is 1.31 bits per heavy atom. The third-order valence-corrected chi connectivity index (χ3v) is 6.66. The Bertz CT molecular complexity index is 1040. The summed E-state index contributed by atoms with van der Waals surface area (Å²) in [4.78, 5) is 26.1. The van der Waals surface area contributed by atoms with E-state index in [1.807, 2.05) is 11.8 Å². The molecule has 1 saturated carbocycles. The molecule has 2 aromatic rings. The van der Waals surface area contributed by atoms with Gasteiger partial charge >= 0.3 is 0 Å². The van der Waals surface area contributed by atoms with Crippen molar-refractivity contribution in [3.05, 3.63) is 54.1 Å². The molecule has 2 aromatic heterocycles. The average Bonchev–Trinajstić information content (AvgIpc) is 3.30. The molecule has 3 fully saturated rings. The normalized spacial score (nSPS) is 25.6. The van der Waals surface area contributed by atoms with Crippen molar-refractivity contribution in [2.75, 3.05) is 6.61 Å². The highest BCUT2D eigenvalue weighted by Gasteiger charge is 2.51. The second-order valence-corrected chi connectivity index (χ2v) is 8.80. The quantitative estimate of drug-likeness (QED) is 0.468. The molecule has 0 N–H and O–H groups in total. The molecule has 0 aromatic carbocycles. The molecule has 1 unspecified atom stereocenters. The van der Waals surface area contributed by atoms with E-state index in [1.165, 1.54) is 4.80 Å². The summed E-state index contributed by atoms with van der Waals surface area (Å²) >= 11 is 5.93. The molecule has 168 valence electrons. The molecule has 1 amide bonds. The minimum atomic E-state index is -0.145. The van der Waals surface area contributed by atoms with Crippen molar-refractivity contribution >= 4 is 28.9 Å². The summed E-state index contributed by atoms with van der Waals surface area (Å²) in [6.07, 6.45) is 8.33. The van der Waals surface area contributed by atoms with Crippen LogP contribution in [0.25, 0.3) is 5.70 Å². The van der Waals surface area contributed by atoms with Crippen LogP contribution in [0.3, 0.4) is 0 Å². The Morgan fingerprint density at radius 2 is 2.03 bits per heavy atom. The lowest BCUT2D eigenvalue weighted by Gasteiger charge is -2.57. The number of rotatable bonds is 7. The van der Waals surface area contributed by atoms with E-state index in [9.17, 15) is 4.79 Å². The third-order valence-electron chi connectivity index (χ3n) is 6.44. The molecular formula is C23H27ClN6O2. The van der Waals surface area contributed by atoms with Crippen LogP contribution in [0.5, 0.6) is 5.88 Å². The summed E-state index contributed by atoms with van der Waals surface area (Å²) in [7, 11) is 0. The second kappa shape index (κ2) is 9.24. The maximum Gasteiger partial charge on any atom is 0.275 e. The number of fused-ring (bicyclic) bond motifs is 2. The van der Waals surface area contributed by atoms with E-state index in [2.05, 4.69) is 33.7 Å². The van der Waals surface area contributed by atoms with Gasteiger partial charge in [0.05, 0.1) is 29.2 Å². The predicted octanol–water partition coefficient (Wildman–Crippen LogP) is 3.87. The van der Waals surface area contributed by atoms with Crippen LogP contribution in [-0.4, -0.2) is 55.2 Å². The van der Waals surface area contributed by atoms with Crippen molar-refractivity contribution in [1.82, 2.24) is 24.9 Å². The highest BCUT2D eigenvalue weighted by molar-refractivity contribution is 6.30. The van der Waals surface area contributed by atoms with Crippen molar-refractivity contribution < 1.29 is 9.53 Å². The number of ether oxygens (including phenoxy) is 1. The fraction of sp³-hybridized carbons (Fsp3) is 0.435. The Morgan fingerprint density at radius 3 is 2.66 bits per heavy atom. The number of pyridine rings is 1. The first kappa shape index (κ1) is 22.2. The summed E-state index contributed by atoms with van der Waals surface area (Å²) in [5.41, 5.74) is 1.52. The van der Waals surface area contributed by atoms with Crippen LogP contribution in [0.4, 0.5) is 0 Å². The van der Waals surface area contributed by atoms with E-state index in [0.29, 0.717) is 46.5 Å². The molecular weight excluding hydrogens is 428 g/mol. The van der Waals surface area contributed by atoms with Crippen molar-refractivity contribution in [1.29, 1.82) is 0 Å². The Hall–Kier alpha value is -3.00. The average molecular weight is 455 g/mol. The van der Waals surface area contributed by atoms with Gasteiger partial charge in [0.25, 0.3) is 5.91 Å². The number of aliphatic imine (C=N–C) groups is 1. The van der Waals surface area contributed by atoms with Crippen LogP contribution < -0.4 is 4.74 Å². The Balaban J connectivity index is 1.65. The van der Waals surface area contributed by atoms with Crippen molar-refractivity contribution in [3.63, 3.8) is 0 Å². The molecule has 2 aliphatic heterocycles. The number of allylic oxidation sites excluding steroid dienone is 2. The molecule has 4 heterocycles. The minimum absolute atomic E-state index is 0.0925. The summed E-state index contributed by atoms with van der Waals surface area (Å²) in [6, 6.07) is 3.55. The second-order valence-electron chi connectivity index (χ2n) is 8.36. The van der Waals surface area contributed by atoms with E-state index in [-0.39, 0.29) is 18.0 Å². The predicted molar refractivity (Wildman–Crippen MR) is 123 cm³/mol. The van der Waals surface area contributed by atoms with Gasteiger partial charge in [-0.05, 0) is 50.7 Å². The van der Waals surface area contributed by atoms with Crippen LogP contribution in [-0.2, 0) is 4.79 Å². The SMILES string of the molecule is C=C/C(C)=N\C(C(=O)N1C2CC(C2)[C@@H](C)C1COc1ccc(Cl)cn1)=C(/C)n1nccn1. The van der Waals surface area contributed by atoms with Gasteiger partial charge in [0.2, 0.25) is 5.88 Å². The van der Waals surface area contributed by atoms with Gasteiger partial charge in [0.1, 0.15) is 6.61 Å². The maximum atomic E-state index is 13.9. The highest BCUT2D eigenvalue weighted by Crippen LogP contribution is 2.47. The van der Waals surface area contributed by atoms with Crippen LogP contribution in [0, 0.1) is 11.8 Å². The fourth-order valence-corrected chi connectivity index (χ4v) is 4.51. The van der Waals surface area contributed by atoms with Gasteiger partial charge in [-0.1, -0.05) is 25.1 Å². The Labute approximate surface area is 192 Å². The summed E-state index contributed by atoms with van der Waals surface area (Å²) in [5, 5.41) is 8.91. The lowest BCUT2D eigenvalue weighted by molar-refractivity contribution is -0.151. The molecule has 2 saturated heterocycles. The van der Waals surface area contributed by atoms with E-state index in [4.69, 9.17) is 16.3 Å². The summed E-state index contributed by atoms with van der Waals surface area (Å²) in [6.45, 7) is 9.93. The van der Waals surface area contributed by atoms with Crippen LogP contribution >= 0.6 is 11.6 Å². The van der Waals surface area contributed by atoms with E-state index in [0.717, 1.165) is 12.8 Å². The van der Waals surface area contributed by atoms with Crippen LogP contribution in [0.1, 0.15) is 33.6 Å². The third kappa shape index (κ3) is 4.32. The monoisotopic (exact) mass is 454 g/mol. The molecule has 2 atom stereocenters. The van der Waals surface area contributed by atoms with Gasteiger partial charge in [-0.2, -0.15) is 15.0 Å².